The van der Waals surface area contributed by atoms with Crippen molar-refractivity contribution >= 4 is 11.6 Å². The van der Waals surface area contributed by atoms with Gasteiger partial charge in [-0.25, -0.2) is 0 Å². The number of ether oxygens (including phenoxy) is 1. The van der Waals surface area contributed by atoms with Gasteiger partial charge in [0.05, 0.1) is 7.11 Å². The van der Waals surface area contributed by atoms with Gasteiger partial charge in [0, 0.05) is 10.6 Å². The van der Waals surface area contributed by atoms with E-state index in [1.54, 1.807) is 7.11 Å². The van der Waals surface area contributed by atoms with E-state index < -0.39 is 0 Å². The lowest BCUT2D eigenvalue weighted by Crippen LogP contribution is -2.05. The first kappa shape index (κ1) is 13.3. The van der Waals surface area contributed by atoms with E-state index in [1.807, 2.05) is 6.07 Å². The summed E-state index contributed by atoms with van der Waals surface area (Å²) < 4.78 is 5.37. The number of halogens is 1. The average molecular weight is 242 g/mol. The molecule has 0 saturated heterocycles. The fourth-order valence-electron chi connectivity index (χ4n) is 1.86. The maximum atomic E-state index is 6.25. The predicted octanol–water partition coefficient (Wildman–Crippen LogP) is 3.36. The summed E-state index contributed by atoms with van der Waals surface area (Å²) >= 11 is 6.25. The molecule has 0 spiro atoms. The number of hydrogen-bond acceptors (Lipinski definition) is 2. The molecule has 90 valence electrons. The van der Waals surface area contributed by atoms with Crippen LogP contribution in [0.1, 0.15) is 37.3 Å². The fraction of sp³-hybridized carbons (Fsp3) is 0.538. The van der Waals surface area contributed by atoms with Crippen LogP contribution in [0.4, 0.5) is 0 Å². The Kier molecular flexibility index (Phi) is 5.10. The van der Waals surface area contributed by atoms with Crippen LogP contribution in [0.15, 0.2) is 12.1 Å². The lowest BCUT2D eigenvalue weighted by atomic mass is 9.95. The van der Waals surface area contributed by atoms with Gasteiger partial charge < -0.3 is 10.5 Å². The molecule has 0 fully saturated rings. The molecule has 0 aliphatic heterocycles. The molecule has 16 heavy (non-hydrogen) atoms. The van der Waals surface area contributed by atoms with Gasteiger partial charge in [0.2, 0.25) is 0 Å². The summed E-state index contributed by atoms with van der Waals surface area (Å²) in [7, 11) is 1.68. The highest BCUT2D eigenvalue weighted by atomic mass is 35.5. The third-order valence-electron chi connectivity index (χ3n) is 2.92. The Morgan fingerprint density at radius 3 is 2.62 bits per heavy atom. The van der Waals surface area contributed by atoms with Crippen LogP contribution >= 0.6 is 11.6 Å². The minimum atomic E-state index is 0.419. The highest BCUT2D eigenvalue weighted by Gasteiger charge is 2.12. The molecule has 0 radical (unpaired) electrons. The smallest absolute Gasteiger partial charge is 0.123 e. The van der Waals surface area contributed by atoms with Gasteiger partial charge in [-0.3, -0.25) is 0 Å². The summed E-state index contributed by atoms with van der Waals surface area (Å²) in [6, 6.07) is 4.11. The quantitative estimate of drug-likeness (QED) is 0.858. The number of benzene rings is 1. The molecule has 2 nitrogen and oxygen atoms in total. The Hall–Kier alpha value is -0.730. The Morgan fingerprint density at radius 2 is 2.12 bits per heavy atom. The Labute approximate surface area is 103 Å². The van der Waals surface area contributed by atoms with Crippen LogP contribution in [0.2, 0.25) is 5.02 Å². The van der Waals surface area contributed by atoms with E-state index in [-0.39, 0.29) is 0 Å². The minimum Gasteiger partial charge on any atom is -0.496 e. The third kappa shape index (κ3) is 2.89. The molecule has 0 heterocycles. The van der Waals surface area contributed by atoms with Crippen LogP contribution < -0.4 is 10.5 Å². The second-order valence-corrected chi connectivity index (χ2v) is 4.42. The van der Waals surface area contributed by atoms with Crippen LogP contribution in [0, 0.1) is 0 Å². The Bertz CT molecular complexity index is 352. The zero-order chi connectivity index (χ0) is 12.1. The molecule has 1 aromatic carbocycles. The van der Waals surface area contributed by atoms with Crippen LogP contribution in [-0.4, -0.2) is 13.7 Å². The van der Waals surface area contributed by atoms with Crippen LogP contribution in [0.3, 0.4) is 0 Å². The SMILES string of the molecule is CCc1c(Cl)cc(C(C)CCN)cc1OC. The van der Waals surface area contributed by atoms with Gasteiger partial charge in [-0.05, 0) is 43.0 Å². The number of rotatable bonds is 5. The molecule has 0 bridgehead atoms. The van der Waals surface area contributed by atoms with Crippen molar-refractivity contribution in [3.05, 3.63) is 28.3 Å². The average Bonchev–Trinajstić information content (AvgIpc) is 2.28. The predicted molar refractivity (Wildman–Crippen MR) is 69.5 cm³/mol. The standard InChI is InChI=1S/C13H20ClNO/c1-4-11-12(14)7-10(8-13(11)16-3)9(2)5-6-15/h7-9H,4-6,15H2,1-3H3. The summed E-state index contributed by atoms with van der Waals surface area (Å²) in [5.41, 5.74) is 7.84. The van der Waals surface area contributed by atoms with Crippen molar-refractivity contribution < 1.29 is 4.74 Å². The van der Waals surface area contributed by atoms with E-state index in [2.05, 4.69) is 19.9 Å². The highest BCUT2D eigenvalue weighted by Crippen LogP contribution is 2.32. The van der Waals surface area contributed by atoms with Crippen molar-refractivity contribution in [2.75, 3.05) is 13.7 Å². The zero-order valence-corrected chi connectivity index (χ0v) is 11.0. The Morgan fingerprint density at radius 1 is 1.44 bits per heavy atom. The normalized spacial score (nSPS) is 12.6. The monoisotopic (exact) mass is 241 g/mol. The van der Waals surface area contributed by atoms with Gasteiger partial charge in [-0.2, -0.15) is 0 Å². The van der Waals surface area contributed by atoms with Crippen molar-refractivity contribution in [3.8, 4) is 5.75 Å². The Balaban J connectivity index is 3.09. The van der Waals surface area contributed by atoms with Crippen molar-refractivity contribution in [1.82, 2.24) is 0 Å². The third-order valence-corrected chi connectivity index (χ3v) is 3.26. The molecule has 1 aromatic rings. The molecule has 0 aliphatic carbocycles. The van der Waals surface area contributed by atoms with Gasteiger partial charge >= 0.3 is 0 Å². The van der Waals surface area contributed by atoms with E-state index in [0.717, 1.165) is 29.2 Å². The first-order valence-corrected chi connectivity index (χ1v) is 6.08. The summed E-state index contributed by atoms with van der Waals surface area (Å²) in [6.07, 6.45) is 1.85. The van der Waals surface area contributed by atoms with E-state index in [1.165, 1.54) is 5.56 Å². The zero-order valence-electron chi connectivity index (χ0n) is 10.2. The van der Waals surface area contributed by atoms with Gasteiger partial charge in [0.25, 0.3) is 0 Å². The fourth-order valence-corrected chi connectivity index (χ4v) is 2.21. The van der Waals surface area contributed by atoms with Gasteiger partial charge in [-0.1, -0.05) is 25.4 Å². The molecular weight excluding hydrogens is 222 g/mol. The lowest BCUT2D eigenvalue weighted by molar-refractivity contribution is 0.409. The van der Waals surface area contributed by atoms with Gasteiger partial charge in [-0.15, -0.1) is 0 Å². The molecule has 3 heteroatoms. The molecule has 0 aliphatic rings. The maximum Gasteiger partial charge on any atom is 0.123 e. The van der Waals surface area contributed by atoms with Crippen molar-refractivity contribution in [2.45, 2.75) is 32.6 Å². The first-order valence-electron chi connectivity index (χ1n) is 5.70. The van der Waals surface area contributed by atoms with Crippen molar-refractivity contribution in [2.24, 2.45) is 5.73 Å². The lowest BCUT2D eigenvalue weighted by Gasteiger charge is -2.15. The molecule has 1 unspecified atom stereocenters. The second-order valence-electron chi connectivity index (χ2n) is 4.02. The van der Waals surface area contributed by atoms with Crippen LogP contribution in [-0.2, 0) is 6.42 Å². The van der Waals surface area contributed by atoms with Gasteiger partial charge in [0.1, 0.15) is 5.75 Å². The largest absolute Gasteiger partial charge is 0.496 e. The van der Waals surface area contributed by atoms with E-state index in [4.69, 9.17) is 22.1 Å². The second kappa shape index (κ2) is 6.12. The topological polar surface area (TPSA) is 35.2 Å². The molecule has 0 amide bonds. The first-order chi connectivity index (χ1) is 7.63. The number of hydrogen-bond donors (Lipinski definition) is 1. The van der Waals surface area contributed by atoms with E-state index in [0.29, 0.717) is 12.5 Å². The minimum absolute atomic E-state index is 0.419. The molecule has 0 saturated carbocycles. The van der Waals surface area contributed by atoms with Crippen LogP contribution in [0.25, 0.3) is 0 Å². The molecule has 1 atom stereocenters. The van der Waals surface area contributed by atoms with Gasteiger partial charge in [0.15, 0.2) is 0 Å². The highest BCUT2D eigenvalue weighted by molar-refractivity contribution is 6.31. The van der Waals surface area contributed by atoms with Crippen molar-refractivity contribution in [1.29, 1.82) is 0 Å². The van der Waals surface area contributed by atoms with E-state index >= 15 is 0 Å². The number of methoxy groups -OCH3 is 1. The van der Waals surface area contributed by atoms with Crippen LogP contribution in [0.5, 0.6) is 5.75 Å². The molecule has 1 rings (SSSR count). The van der Waals surface area contributed by atoms with Crippen molar-refractivity contribution in [3.63, 3.8) is 0 Å². The van der Waals surface area contributed by atoms with E-state index in [9.17, 15) is 0 Å². The summed E-state index contributed by atoms with van der Waals surface area (Å²) in [4.78, 5) is 0. The summed E-state index contributed by atoms with van der Waals surface area (Å²) in [5.74, 6) is 1.30. The molecule has 2 N–H and O–H groups in total. The number of nitrogens with two attached hydrogens (primary N) is 1. The molecule has 0 aromatic heterocycles. The summed E-state index contributed by atoms with van der Waals surface area (Å²) in [5, 5.41) is 0.792. The summed E-state index contributed by atoms with van der Waals surface area (Å²) in [6.45, 7) is 4.92. The maximum absolute atomic E-state index is 6.25. The molecular formula is C13H20ClNO.